The van der Waals surface area contributed by atoms with Crippen molar-refractivity contribution in [2.24, 2.45) is 0 Å². The van der Waals surface area contributed by atoms with Crippen LogP contribution in [0.4, 0.5) is 0 Å². The lowest BCUT2D eigenvalue weighted by molar-refractivity contribution is 0.477. The zero-order valence-corrected chi connectivity index (χ0v) is 17.5. The Hall–Kier alpha value is -2.35. The summed E-state index contributed by atoms with van der Waals surface area (Å²) in [5.41, 5.74) is 5.30. The molecule has 0 N–H and O–H groups in total. The smallest absolute Gasteiger partial charge is 0.207 e. The number of nitrogens with zero attached hydrogens (tertiary/aromatic N) is 1. The van der Waals surface area contributed by atoms with Crippen LogP contribution in [-0.4, -0.2) is 25.8 Å². The van der Waals surface area contributed by atoms with E-state index in [4.69, 9.17) is 0 Å². The summed E-state index contributed by atoms with van der Waals surface area (Å²) in [6.45, 7) is 10.4. The summed E-state index contributed by atoms with van der Waals surface area (Å²) >= 11 is 0. The quantitative estimate of drug-likeness (QED) is 0.560. The number of sulfonamides is 1. The second-order valence-electron chi connectivity index (χ2n) is 7.07. The van der Waals surface area contributed by atoms with Gasteiger partial charge in [-0.1, -0.05) is 47.3 Å². The second kappa shape index (κ2) is 9.03. The van der Waals surface area contributed by atoms with Gasteiger partial charge in [-0.2, -0.15) is 4.31 Å². The van der Waals surface area contributed by atoms with E-state index in [1.165, 1.54) is 4.31 Å². The van der Waals surface area contributed by atoms with Crippen molar-refractivity contribution >= 4 is 10.0 Å². The molecule has 2 aromatic carbocycles. The lowest BCUT2D eigenvalue weighted by atomic mass is 10.1. The third-order valence-electron chi connectivity index (χ3n) is 4.07. The Bertz CT molecular complexity index is 967. The molecule has 0 spiro atoms. The molecule has 0 aromatic heterocycles. The first-order valence-corrected chi connectivity index (χ1v) is 10.4. The monoisotopic (exact) mass is 381 g/mol. The first-order valence-electron chi connectivity index (χ1n) is 8.96. The Labute approximate surface area is 163 Å². The maximum atomic E-state index is 13.0. The standard InChI is InChI=1S/C23H27NO2S/c1-18(2)12-14-24(27(25,26)23-10-8-19(3)9-11-23)13-6-7-22-16-20(4)15-21(5)17-22/h8-12,15-17H,13-14H2,1-5H3. The van der Waals surface area contributed by atoms with Crippen molar-refractivity contribution in [1.29, 1.82) is 0 Å². The van der Waals surface area contributed by atoms with Gasteiger partial charge in [-0.25, -0.2) is 8.42 Å². The number of aryl methyl sites for hydroxylation is 3. The van der Waals surface area contributed by atoms with E-state index in [2.05, 4.69) is 17.9 Å². The van der Waals surface area contributed by atoms with Gasteiger partial charge in [0, 0.05) is 12.1 Å². The maximum absolute atomic E-state index is 13.0. The van der Waals surface area contributed by atoms with Gasteiger partial charge in [0.15, 0.2) is 0 Å². The number of allylic oxidation sites excluding steroid dienone is 1. The highest BCUT2D eigenvalue weighted by Crippen LogP contribution is 2.16. The van der Waals surface area contributed by atoms with E-state index in [0.29, 0.717) is 11.4 Å². The molecule has 142 valence electrons. The minimum Gasteiger partial charge on any atom is -0.207 e. The molecule has 0 aliphatic carbocycles. The molecule has 0 aliphatic rings. The second-order valence-corrected chi connectivity index (χ2v) is 9.01. The summed E-state index contributed by atoms with van der Waals surface area (Å²) in [7, 11) is -3.60. The van der Waals surface area contributed by atoms with Crippen LogP contribution in [0.2, 0.25) is 0 Å². The lowest BCUT2D eigenvalue weighted by Gasteiger charge is -2.18. The van der Waals surface area contributed by atoms with Crippen LogP contribution in [0.15, 0.2) is 59.0 Å². The van der Waals surface area contributed by atoms with E-state index in [1.54, 1.807) is 12.1 Å². The molecule has 0 atom stereocenters. The first kappa shape index (κ1) is 21.0. The Morgan fingerprint density at radius 1 is 0.963 bits per heavy atom. The third kappa shape index (κ3) is 6.09. The molecule has 0 heterocycles. The summed E-state index contributed by atoms with van der Waals surface area (Å²) < 4.78 is 27.5. The summed E-state index contributed by atoms with van der Waals surface area (Å²) in [6, 6.07) is 13.0. The van der Waals surface area contributed by atoms with Gasteiger partial charge < -0.3 is 0 Å². The minimum atomic E-state index is -3.60. The van der Waals surface area contributed by atoms with Crippen molar-refractivity contribution in [3.63, 3.8) is 0 Å². The molecule has 0 aliphatic heterocycles. The fraction of sp³-hybridized carbons (Fsp3) is 0.304. The van der Waals surface area contributed by atoms with E-state index in [1.807, 2.05) is 65.0 Å². The predicted molar refractivity (Wildman–Crippen MR) is 112 cm³/mol. The molecule has 27 heavy (non-hydrogen) atoms. The maximum Gasteiger partial charge on any atom is 0.244 e. The number of benzene rings is 2. The summed E-state index contributed by atoms with van der Waals surface area (Å²) in [4.78, 5) is 0.295. The number of rotatable bonds is 5. The van der Waals surface area contributed by atoms with Gasteiger partial charge in [0.2, 0.25) is 10.0 Å². The zero-order chi connectivity index (χ0) is 20.0. The van der Waals surface area contributed by atoms with Gasteiger partial charge >= 0.3 is 0 Å². The van der Waals surface area contributed by atoms with Crippen molar-refractivity contribution in [1.82, 2.24) is 4.31 Å². The molecule has 0 radical (unpaired) electrons. The Morgan fingerprint density at radius 3 is 2.11 bits per heavy atom. The van der Waals surface area contributed by atoms with Gasteiger partial charge in [-0.05, 0) is 70.0 Å². The van der Waals surface area contributed by atoms with Crippen LogP contribution in [0.3, 0.4) is 0 Å². The highest BCUT2D eigenvalue weighted by molar-refractivity contribution is 7.89. The van der Waals surface area contributed by atoms with Crippen LogP contribution in [-0.2, 0) is 10.0 Å². The predicted octanol–water partition coefficient (Wildman–Crippen LogP) is 4.62. The Balaban J connectivity index is 2.31. The van der Waals surface area contributed by atoms with E-state index in [0.717, 1.165) is 27.8 Å². The van der Waals surface area contributed by atoms with Crippen LogP contribution >= 0.6 is 0 Å². The Kier molecular flexibility index (Phi) is 7.01. The Morgan fingerprint density at radius 2 is 1.56 bits per heavy atom. The SMILES string of the molecule is CC(C)=CCN(CC#Cc1cc(C)cc(C)c1)S(=O)(=O)c1ccc(C)cc1. The molecule has 3 nitrogen and oxygen atoms in total. The average Bonchev–Trinajstić information content (AvgIpc) is 2.57. The molecular formula is C23H27NO2S. The molecule has 0 saturated heterocycles. The highest BCUT2D eigenvalue weighted by atomic mass is 32.2. The van der Waals surface area contributed by atoms with Crippen molar-refractivity contribution in [2.45, 2.75) is 39.5 Å². The fourth-order valence-electron chi connectivity index (χ4n) is 2.67. The topological polar surface area (TPSA) is 37.4 Å². The van der Waals surface area contributed by atoms with E-state index >= 15 is 0 Å². The van der Waals surface area contributed by atoms with E-state index in [-0.39, 0.29) is 6.54 Å². The molecular weight excluding hydrogens is 354 g/mol. The number of hydrogen-bond acceptors (Lipinski definition) is 2. The van der Waals surface area contributed by atoms with Gasteiger partial charge in [-0.3, -0.25) is 0 Å². The molecule has 4 heteroatoms. The molecule has 0 bridgehead atoms. The van der Waals surface area contributed by atoms with Crippen LogP contribution < -0.4 is 0 Å². The molecule has 0 amide bonds. The molecule has 2 aromatic rings. The van der Waals surface area contributed by atoms with E-state index < -0.39 is 10.0 Å². The van der Waals surface area contributed by atoms with Crippen molar-refractivity contribution in [2.75, 3.05) is 13.1 Å². The highest BCUT2D eigenvalue weighted by Gasteiger charge is 2.22. The van der Waals surface area contributed by atoms with Crippen molar-refractivity contribution in [3.05, 3.63) is 76.4 Å². The largest absolute Gasteiger partial charge is 0.244 e. The molecule has 0 saturated carbocycles. The average molecular weight is 382 g/mol. The van der Waals surface area contributed by atoms with Crippen molar-refractivity contribution < 1.29 is 8.42 Å². The van der Waals surface area contributed by atoms with Crippen LogP contribution in [0.5, 0.6) is 0 Å². The van der Waals surface area contributed by atoms with Gasteiger partial charge in [0.25, 0.3) is 0 Å². The van der Waals surface area contributed by atoms with Gasteiger partial charge in [-0.15, -0.1) is 0 Å². The zero-order valence-electron chi connectivity index (χ0n) is 16.7. The summed E-state index contributed by atoms with van der Waals surface area (Å²) in [5.74, 6) is 6.14. The van der Waals surface area contributed by atoms with Crippen LogP contribution in [0, 0.1) is 32.6 Å². The summed E-state index contributed by atoms with van der Waals surface area (Å²) in [5, 5.41) is 0. The third-order valence-corrected chi connectivity index (χ3v) is 5.90. The molecule has 0 fully saturated rings. The van der Waals surface area contributed by atoms with Crippen LogP contribution in [0.1, 0.15) is 36.1 Å². The molecule has 2 rings (SSSR count). The van der Waals surface area contributed by atoms with E-state index in [9.17, 15) is 8.42 Å². The fourth-order valence-corrected chi connectivity index (χ4v) is 3.95. The lowest BCUT2D eigenvalue weighted by Crippen LogP contribution is -2.32. The van der Waals surface area contributed by atoms with Gasteiger partial charge in [0.05, 0.1) is 11.4 Å². The van der Waals surface area contributed by atoms with Crippen LogP contribution in [0.25, 0.3) is 0 Å². The van der Waals surface area contributed by atoms with Gasteiger partial charge in [0.1, 0.15) is 0 Å². The minimum absolute atomic E-state index is 0.146. The normalized spacial score (nSPS) is 11.0. The first-order chi connectivity index (χ1) is 12.7. The number of hydrogen-bond donors (Lipinski definition) is 0. The van der Waals surface area contributed by atoms with Crippen molar-refractivity contribution in [3.8, 4) is 11.8 Å². The molecule has 0 unspecified atom stereocenters. The summed E-state index contributed by atoms with van der Waals surface area (Å²) in [6.07, 6.45) is 1.91.